The standard InChI is InChI=1S/C38H65NO31/c1-8(46)39-15-28(20(51)13(6-44)60-33(15)59)66-36-30(24(55)18(49)11(4-42)63-36)68-37-31(25(56)19(50)12(5-43)64-37)69-38-32(70-35-27(58)23(54)17(48)10(3-41)62-35)29(21(52)14(7-45)65-38)67-34-26(57)22(53)16(47)9(2-40)61-34/h9-38,40-45,47-59H,2-7H2,1H3,(H,39,46)/t9-,10-,11-,12-,13-,14-,15-,16-,17-,18-,19-,20-,21-,22+,23+,24+,25+,26-,27+,28-,29+,30+,31+,32+,33?,34-,35+,36+,37+,38+/m1/s1. The number of ether oxygens (including phenoxy) is 11. The molecule has 6 fully saturated rings. The minimum Gasteiger partial charge on any atom is -0.394 e. The fraction of sp³-hybridized carbons (Fsp3) is 0.974. The van der Waals surface area contributed by atoms with E-state index in [0.717, 1.165) is 6.92 Å². The predicted molar refractivity (Wildman–Crippen MR) is 211 cm³/mol. The summed E-state index contributed by atoms with van der Waals surface area (Å²) in [5.74, 6) is -0.786. The van der Waals surface area contributed by atoms with E-state index in [9.17, 15) is 102 Å². The molecule has 32 heteroatoms. The van der Waals surface area contributed by atoms with Gasteiger partial charge in [-0.3, -0.25) is 4.79 Å². The van der Waals surface area contributed by atoms with Crippen molar-refractivity contribution in [2.45, 2.75) is 191 Å². The molecule has 1 unspecified atom stereocenters. The first-order chi connectivity index (χ1) is 33.2. The van der Waals surface area contributed by atoms with E-state index in [-0.39, 0.29) is 0 Å². The van der Waals surface area contributed by atoms with Gasteiger partial charge in [0, 0.05) is 6.92 Å². The Hall–Kier alpha value is -1.73. The van der Waals surface area contributed by atoms with Gasteiger partial charge in [-0.1, -0.05) is 0 Å². The van der Waals surface area contributed by atoms with Crippen LogP contribution in [0.2, 0.25) is 0 Å². The largest absolute Gasteiger partial charge is 0.394 e. The van der Waals surface area contributed by atoms with Gasteiger partial charge in [-0.15, -0.1) is 0 Å². The summed E-state index contributed by atoms with van der Waals surface area (Å²) < 4.78 is 63.4. The van der Waals surface area contributed by atoms with Crippen molar-refractivity contribution in [2.24, 2.45) is 0 Å². The van der Waals surface area contributed by atoms with Gasteiger partial charge in [-0.05, 0) is 0 Å². The summed E-state index contributed by atoms with van der Waals surface area (Å²) >= 11 is 0. The Morgan fingerprint density at radius 3 is 1.01 bits per heavy atom. The molecule has 0 aromatic rings. The van der Waals surface area contributed by atoms with Crippen molar-refractivity contribution in [3.8, 4) is 0 Å². The molecule has 1 amide bonds. The molecule has 408 valence electrons. The number of amides is 1. The van der Waals surface area contributed by atoms with Crippen LogP contribution in [0.1, 0.15) is 6.92 Å². The number of aliphatic hydroxyl groups excluding tert-OH is 19. The maximum absolute atomic E-state index is 12.2. The molecule has 0 spiro atoms. The highest BCUT2D eigenvalue weighted by molar-refractivity contribution is 5.73. The van der Waals surface area contributed by atoms with E-state index in [4.69, 9.17) is 52.1 Å². The third kappa shape index (κ3) is 11.9. The average Bonchev–Trinajstić information content (AvgIpc) is 3.34. The molecule has 6 rings (SSSR count). The molecule has 0 bridgehead atoms. The number of nitrogens with one attached hydrogen (secondary N) is 1. The zero-order chi connectivity index (χ0) is 51.6. The van der Waals surface area contributed by atoms with Crippen molar-refractivity contribution in [3.05, 3.63) is 0 Å². The molecule has 0 aromatic heterocycles. The lowest BCUT2D eigenvalue weighted by Crippen LogP contribution is -2.70. The van der Waals surface area contributed by atoms with Gasteiger partial charge in [-0.25, -0.2) is 0 Å². The maximum Gasteiger partial charge on any atom is 0.217 e. The first-order valence-corrected chi connectivity index (χ1v) is 22.1. The smallest absolute Gasteiger partial charge is 0.217 e. The SMILES string of the molecule is CC(=O)N[C@H]1C(O)O[C@H](CO)[C@@H](O)[C@@H]1O[C@@H]1O[C@H](CO)[C@@H](O)[C@H](O)[C@@H]1O[C@@H]1O[C@H](CO)[C@@H](O)[C@H](O)[C@@H]1O[C@@H]1O[C@H](CO)[C@@H](O)[C@H](O[C@H]2O[C@H](CO)[C@@H](O)[C@H](O)[C@H]2O)[C@@H]1O[C@@H]1O[C@H](CO)[C@@H](O)[C@H](O)[C@@H]1O. The topological polar surface area (TPSA) is 515 Å². The van der Waals surface area contributed by atoms with E-state index < -0.39 is 230 Å². The monoisotopic (exact) mass is 1030 g/mol. The van der Waals surface area contributed by atoms with Gasteiger partial charge in [0.2, 0.25) is 5.91 Å². The van der Waals surface area contributed by atoms with Gasteiger partial charge < -0.3 is 154 Å². The van der Waals surface area contributed by atoms with Crippen molar-refractivity contribution < 1.29 is 154 Å². The van der Waals surface area contributed by atoms with E-state index in [0.29, 0.717) is 0 Å². The molecule has 20 N–H and O–H groups in total. The Morgan fingerprint density at radius 2 is 0.629 bits per heavy atom. The molecular formula is C38H65NO31. The Labute approximate surface area is 395 Å². The lowest BCUT2D eigenvalue weighted by molar-refractivity contribution is -0.418. The van der Waals surface area contributed by atoms with E-state index in [2.05, 4.69) is 5.32 Å². The normalized spacial score (nSPS) is 51.5. The van der Waals surface area contributed by atoms with E-state index in [1.807, 2.05) is 0 Å². The molecule has 70 heavy (non-hydrogen) atoms. The van der Waals surface area contributed by atoms with Crippen LogP contribution in [-0.4, -0.2) is 327 Å². The summed E-state index contributed by atoms with van der Waals surface area (Å²) in [7, 11) is 0. The number of aliphatic hydroxyl groups is 19. The second-order valence-electron chi connectivity index (χ2n) is 17.5. The quantitative estimate of drug-likeness (QED) is 0.0643. The fourth-order valence-electron chi connectivity index (χ4n) is 8.84. The average molecular weight is 1030 g/mol. The highest BCUT2D eigenvalue weighted by Crippen LogP contribution is 2.38. The van der Waals surface area contributed by atoms with Crippen LogP contribution in [0.25, 0.3) is 0 Å². The zero-order valence-electron chi connectivity index (χ0n) is 37.0. The molecule has 0 aliphatic carbocycles. The van der Waals surface area contributed by atoms with Crippen LogP contribution in [0.5, 0.6) is 0 Å². The molecule has 6 aliphatic rings. The molecule has 0 saturated carbocycles. The number of rotatable bonds is 17. The molecule has 30 atom stereocenters. The van der Waals surface area contributed by atoms with E-state index >= 15 is 0 Å². The van der Waals surface area contributed by atoms with Crippen molar-refractivity contribution in [3.63, 3.8) is 0 Å². The summed E-state index contributed by atoms with van der Waals surface area (Å²) in [5, 5.41) is 205. The highest BCUT2D eigenvalue weighted by atomic mass is 16.8. The van der Waals surface area contributed by atoms with E-state index in [1.165, 1.54) is 0 Å². The van der Waals surface area contributed by atoms with Crippen LogP contribution in [0.15, 0.2) is 0 Å². The minimum absolute atomic E-state index is 0.786. The van der Waals surface area contributed by atoms with Gasteiger partial charge >= 0.3 is 0 Å². The van der Waals surface area contributed by atoms with Crippen molar-refractivity contribution in [1.82, 2.24) is 5.32 Å². The van der Waals surface area contributed by atoms with Crippen molar-refractivity contribution in [1.29, 1.82) is 0 Å². The minimum atomic E-state index is -2.30. The van der Waals surface area contributed by atoms with Crippen LogP contribution < -0.4 is 5.32 Å². The van der Waals surface area contributed by atoms with Gasteiger partial charge in [0.15, 0.2) is 37.7 Å². The second kappa shape index (κ2) is 24.7. The first-order valence-electron chi connectivity index (χ1n) is 22.1. The van der Waals surface area contributed by atoms with Crippen LogP contribution >= 0.6 is 0 Å². The van der Waals surface area contributed by atoms with Gasteiger partial charge in [0.1, 0.15) is 146 Å². The van der Waals surface area contributed by atoms with Crippen LogP contribution in [0.3, 0.4) is 0 Å². The number of hydrogen-bond donors (Lipinski definition) is 20. The van der Waals surface area contributed by atoms with Crippen molar-refractivity contribution >= 4 is 5.91 Å². The highest BCUT2D eigenvalue weighted by Gasteiger charge is 2.59. The van der Waals surface area contributed by atoms with Gasteiger partial charge in [0.25, 0.3) is 0 Å². The first kappa shape index (κ1) is 57.5. The van der Waals surface area contributed by atoms with Crippen molar-refractivity contribution in [2.75, 3.05) is 39.6 Å². The zero-order valence-corrected chi connectivity index (χ0v) is 37.0. The molecule has 6 saturated heterocycles. The summed E-state index contributed by atoms with van der Waals surface area (Å²) in [5.41, 5.74) is 0. The van der Waals surface area contributed by atoms with E-state index in [1.54, 1.807) is 0 Å². The lowest BCUT2D eigenvalue weighted by atomic mass is 9.94. The Bertz CT molecular complexity index is 1630. The predicted octanol–water partition coefficient (Wildman–Crippen LogP) is -14.0. The van der Waals surface area contributed by atoms with Crippen LogP contribution in [0.4, 0.5) is 0 Å². The number of hydrogen-bond acceptors (Lipinski definition) is 31. The number of carbonyl (C=O) groups is 1. The molecule has 32 nitrogen and oxygen atoms in total. The third-order valence-corrected chi connectivity index (χ3v) is 12.8. The molecule has 6 aliphatic heterocycles. The van der Waals surface area contributed by atoms with Gasteiger partial charge in [0.05, 0.1) is 39.6 Å². The van der Waals surface area contributed by atoms with Crippen LogP contribution in [0, 0.1) is 0 Å². The third-order valence-electron chi connectivity index (χ3n) is 12.8. The molecule has 6 heterocycles. The summed E-state index contributed by atoms with van der Waals surface area (Å²) in [4.78, 5) is 12.2. The Balaban J connectivity index is 1.38. The summed E-state index contributed by atoms with van der Waals surface area (Å²) in [6, 6.07) is -1.65. The molecule has 0 radical (unpaired) electrons. The summed E-state index contributed by atoms with van der Waals surface area (Å²) in [6.07, 6.45) is -58.7. The summed E-state index contributed by atoms with van der Waals surface area (Å²) in [6.45, 7) is -5.01. The maximum atomic E-state index is 12.2. The molecular weight excluding hydrogens is 966 g/mol. The Kier molecular flexibility index (Phi) is 20.3. The molecule has 0 aromatic carbocycles. The Morgan fingerprint density at radius 1 is 0.343 bits per heavy atom. The lowest BCUT2D eigenvalue weighted by Gasteiger charge is -2.51. The second-order valence-corrected chi connectivity index (χ2v) is 17.5. The fourth-order valence-corrected chi connectivity index (χ4v) is 8.84. The number of carbonyl (C=O) groups excluding carboxylic acids is 1. The van der Waals surface area contributed by atoms with Gasteiger partial charge in [-0.2, -0.15) is 0 Å². The van der Waals surface area contributed by atoms with Crippen LogP contribution in [-0.2, 0) is 56.9 Å².